The number of nitrogens with one attached hydrogen (secondary N) is 2. The van der Waals surface area contributed by atoms with E-state index >= 15 is 0 Å². The van der Waals surface area contributed by atoms with Crippen LogP contribution in [0.3, 0.4) is 0 Å². The third-order valence-corrected chi connectivity index (χ3v) is 6.12. The molecule has 0 spiro atoms. The van der Waals surface area contributed by atoms with E-state index < -0.39 is 0 Å². The maximum absolute atomic E-state index is 9.13. The highest BCUT2D eigenvalue weighted by atomic mass is 35.5. The number of nitrogens with zero attached hydrogens (tertiary/aromatic N) is 4. The fourth-order valence-electron chi connectivity index (χ4n) is 4.08. The van der Waals surface area contributed by atoms with Crippen molar-refractivity contribution in [3.8, 4) is 11.3 Å². The molecule has 5 rings (SSSR count). The first-order valence-corrected chi connectivity index (χ1v) is 11.1. The summed E-state index contributed by atoms with van der Waals surface area (Å²) in [5.41, 5.74) is 5.66. The van der Waals surface area contributed by atoms with Gasteiger partial charge < -0.3 is 20.3 Å². The van der Waals surface area contributed by atoms with Crippen LogP contribution in [-0.2, 0) is 0 Å². The Hall–Kier alpha value is -3.13. The van der Waals surface area contributed by atoms with Crippen LogP contribution in [-0.4, -0.2) is 64.3 Å². The van der Waals surface area contributed by atoms with E-state index in [0.717, 1.165) is 60.7 Å². The molecule has 32 heavy (non-hydrogen) atoms. The van der Waals surface area contributed by atoms with Gasteiger partial charge in [-0.05, 0) is 30.3 Å². The van der Waals surface area contributed by atoms with Gasteiger partial charge in [0.2, 0.25) is 5.95 Å². The average Bonchev–Trinajstić information content (AvgIpc) is 3.23. The zero-order valence-electron chi connectivity index (χ0n) is 17.6. The molecule has 1 fully saturated rings. The number of halogens is 1. The van der Waals surface area contributed by atoms with Gasteiger partial charge in [0.05, 0.1) is 23.8 Å². The van der Waals surface area contributed by atoms with E-state index in [1.54, 1.807) is 6.20 Å². The molecule has 1 aliphatic rings. The predicted molar refractivity (Wildman–Crippen MR) is 130 cm³/mol. The summed E-state index contributed by atoms with van der Waals surface area (Å²) >= 11 is 6.34. The Kier molecular flexibility index (Phi) is 5.94. The molecular weight excluding hydrogens is 424 g/mol. The zero-order chi connectivity index (χ0) is 21.9. The summed E-state index contributed by atoms with van der Waals surface area (Å²) in [5, 5.41) is 13.2. The van der Waals surface area contributed by atoms with Gasteiger partial charge in [-0.25, -0.2) is 9.97 Å². The number of rotatable bonds is 6. The second-order valence-corrected chi connectivity index (χ2v) is 8.29. The third kappa shape index (κ3) is 4.41. The van der Waals surface area contributed by atoms with Gasteiger partial charge in [-0.2, -0.15) is 0 Å². The average molecular weight is 449 g/mol. The van der Waals surface area contributed by atoms with Crippen molar-refractivity contribution in [3.63, 3.8) is 0 Å². The Balaban J connectivity index is 1.32. The van der Waals surface area contributed by atoms with Crippen LogP contribution in [0.15, 0.2) is 60.8 Å². The van der Waals surface area contributed by atoms with Gasteiger partial charge >= 0.3 is 0 Å². The van der Waals surface area contributed by atoms with Crippen molar-refractivity contribution in [3.05, 3.63) is 65.8 Å². The lowest BCUT2D eigenvalue weighted by molar-refractivity contribution is 0.189. The molecule has 0 bridgehead atoms. The second kappa shape index (κ2) is 9.16. The topological polar surface area (TPSA) is 80.3 Å². The fraction of sp³-hybridized carbons (Fsp3) is 0.250. The van der Waals surface area contributed by atoms with Crippen molar-refractivity contribution in [2.45, 2.75) is 0 Å². The van der Waals surface area contributed by atoms with Crippen molar-refractivity contribution in [1.82, 2.24) is 19.9 Å². The van der Waals surface area contributed by atoms with Crippen molar-refractivity contribution < 1.29 is 5.11 Å². The van der Waals surface area contributed by atoms with Crippen molar-refractivity contribution in [2.24, 2.45) is 0 Å². The number of fused-ring (bicyclic) bond motifs is 1. The van der Waals surface area contributed by atoms with Crippen LogP contribution in [0.2, 0.25) is 5.02 Å². The minimum Gasteiger partial charge on any atom is -0.395 e. The molecule has 0 saturated carbocycles. The minimum absolute atomic E-state index is 0.213. The fourth-order valence-corrected chi connectivity index (χ4v) is 4.32. The highest BCUT2D eigenvalue weighted by Gasteiger charge is 2.17. The highest BCUT2D eigenvalue weighted by Crippen LogP contribution is 2.29. The van der Waals surface area contributed by atoms with E-state index in [0.29, 0.717) is 11.0 Å². The lowest BCUT2D eigenvalue weighted by Crippen LogP contribution is -2.47. The van der Waals surface area contributed by atoms with E-state index in [-0.39, 0.29) is 6.61 Å². The Morgan fingerprint density at radius 3 is 2.69 bits per heavy atom. The van der Waals surface area contributed by atoms with Gasteiger partial charge in [0, 0.05) is 60.4 Å². The maximum Gasteiger partial charge on any atom is 0.227 e. The number of hydrogen-bond acceptors (Lipinski definition) is 6. The molecule has 3 N–H and O–H groups in total. The number of anilines is 3. The van der Waals surface area contributed by atoms with Crippen LogP contribution in [0, 0.1) is 0 Å². The zero-order valence-corrected chi connectivity index (χ0v) is 18.4. The molecule has 8 heteroatoms. The van der Waals surface area contributed by atoms with Gasteiger partial charge in [-0.3, -0.25) is 4.90 Å². The summed E-state index contributed by atoms with van der Waals surface area (Å²) in [4.78, 5) is 17.2. The van der Waals surface area contributed by atoms with Gasteiger partial charge in [-0.15, -0.1) is 0 Å². The monoisotopic (exact) mass is 448 g/mol. The Morgan fingerprint density at radius 2 is 1.88 bits per heavy atom. The summed E-state index contributed by atoms with van der Waals surface area (Å²) in [6, 6.07) is 18.0. The molecule has 0 radical (unpaired) electrons. The number of aromatic amines is 1. The van der Waals surface area contributed by atoms with Crippen molar-refractivity contribution in [2.75, 3.05) is 49.5 Å². The summed E-state index contributed by atoms with van der Waals surface area (Å²) in [6.07, 6.45) is 1.79. The number of aliphatic hydroxyl groups is 1. The Morgan fingerprint density at radius 1 is 1.03 bits per heavy atom. The SMILES string of the molecule is OCCN1CCN(c2cccc(Nc3ncc4[nH]c(-c5ccccc5Cl)cc4n3)c2)CC1. The number of hydrogen-bond donors (Lipinski definition) is 3. The van der Waals surface area contributed by atoms with Crippen LogP contribution in [0.1, 0.15) is 0 Å². The Labute approximate surface area is 191 Å². The predicted octanol–water partition coefficient (Wildman–Crippen LogP) is 4.14. The number of benzene rings is 2. The number of piperazine rings is 1. The largest absolute Gasteiger partial charge is 0.395 e. The maximum atomic E-state index is 9.13. The smallest absolute Gasteiger partial charge is 0.227 e. The first-order valence-electron chi connectivity index (χ1n) is 10.8. The molecule has 7 nitrogen and oxygen atoms in total. The van der Waals surface area contributed by atoms with Crippen molar-refractivity contribution in [1.29, 1.82) is 0 Å². The number of aromatic nitrogens is 3. The normalized spacial score (nSPS) is 14.8. The number of H-pyrrole nitrogens is 1. The van der Waals surface area contributed by atoms with E-state index in [1.165, 1.54) is 5.69 Å². The molecular formula is C24H25ClN6O. The van der Waals surface area contributed by atoms with Gasteiger partial charge in [-0.1, -0.05) is 35.9 Å². The van der Waals surface area contributed by atoms with E-state index in [1.807, 2.05) is 42.5 Å². The molecule has 1 aliphatic heterocycles. The quantitative estimate of drug-likeness (QED) is 0.411. The van der Waals surface area contributed by atoms with Crippen molar-refractivity contribution >= 4 is 40.0 Å². The molecule has 164 valence electrons. The number of β-amino-alcohol motifs (C(OH)–C–C–N with tert-alkyl or cyclic N) is 1. The summed E-state index contributed by atoms with van der Waals surface area (Å²) in [7, 11) is 0. The summed E-state index contributed by atoms with van der Waals surface area (Å²) < 4.78 is 0. The lowest BCUT2D eigenvalue weighted by Gasteiger charge is -2.35. The third-order valence-electron chi connectivity index (χ3n) is 5.79. The molecule has 0 aliphatic carbocycles. The van der Waals surface area contributed by atoms with Gasteiger partial charge in [0.1, 0.15) is 0 Å². The second-order valence-electron chi connectivity index (χ2n) is 7.88. The molecule has 0 amide bonds. The van der Waals surface area contributed by atoms with Gasteiger partial charge in [0.25, 0.3) is 0 Å². The molecule has 0 atom stereocenters. The van der Waals surface area contributed by atoms with Crippen LogP contribution in [0.5, 0.6) is 0 Å². The van der Waals surface area contributed by atoms with Crippen LogP contribution < -0.4 is 10.2 Å². The standard InChI is InChI=1S/C24H25ClN6O/c25-20-7-2-1-6-19(20)21-15-22-23(28-21)16-26-24(29-22)27-17-4-3-5-18(14-17)31-10-8-30(9-11-31)12-13-32/h1-7,14-16,28,32H,8-13H2,(H,26,27,29). The number of aliphatic hydroxyl groups excluding tert-OH is 1. The Bertz CT molecular complexity index is 1220. The van der Waals surface area contributed by atoms with E-state index in [9.17, 15) is 0 Å². The van der Waals surface area contributed by atoms with Crippen LogP contribution in [0.25, 0.3) is 22.3 Å². The molecule has 0 unspecified atom stereocenters. The van der Waals surface area contributed by atoms with Crippen LogP contribution >= 0.6 is 11.6 Å². The molecule has 2 aromatic heterocycles. The minimum atomic E-state index is 0.213. The van der Waals surface area contributed by atoms with Gasteiger partial charge in [0.15, 0.2) is 0 Å². The molecule has 2 aromatic carbocycles. The van der Waals surface area contributed by atoms with E-state index in [2.05, 4.69) is 42.2 Å². The molecule has 3 heterocycles. The van der Waals surface area contributed by atoms with E-state index in [4.69, 9.17) is 16.7 Å². The summed E-state index contributed by atoms with van der Waals surface area (Å²) in [6.45, 7) is 4.76. The first kappa shape index (κ1) is 20.8. The molecule has 4 aromatic rings. The molecule has 1 saturated heterocycles. The first-order chi connectivity index (χ1) is 15.7. The highest BCUT2D eigenvalue weighted by molar-refractivity contribution is 6.33. The summed E-state index contributed by atoms with van der Waals surface area (Å²) in [5.74, 6) is 0.548. The van der Waals surface area contributed by atoms with Crippen LogP contribution in [0.4, 0.5) is 17.3 Å². The lowest BCUT2D eigenvalue weighted by atomic mass is 10.1.